The molecule has 342 valence electrons. The Morgan fingerprint density at radius 3 is 2.10 bits per heavy atom. The average Bonchev–Trinajstić information content (AvgIpc) is 3.79. The molecule has 0 aromatic carbocycles. The fourth-order valence-corrected chi connectivity index (χ4v) is 13.8. The molecule has 4 aliphatic carbocycles. The van der Waals surface area contributed by atoms with Gasteiger partial charge in [-0.2, -0.15) is 0 Å². The van der Waals surface area contributed by atoms with Crippen LogP contribution in [-0.2, 0) is 37.9 Å². The summed E-state index contributed by atoms with van der Waals surface area (Å²) in [6.45, 7) is 10.7. The number of allylic oxidation sites excluding steroid dienone is 1. The Balaban J connectivity index is 0.913. The summed E-state index contributed by atoms with van der Waals surface area (Å²) >= 11 is 0. The molecule has 8 fully saturated rings. The molecule has 0 aromatic heterocycles. The normalized spacial score (nSPS) is 57.7. The lowest BCUT2D eigenvalue weighted by Crippen LogP contribution is -2.65. The zero-order chi connectivity index (χ0) is 42.6. The van der Waals surface area contributed by atoms with Crippen LogP contribution in [0.1, 0.15) is 92.4 Å². The molecule has 8 N–H and O–H groups in total. The fourth-order valence-electron chi connectivity index (χ4n) is 13.8. The number of rotatable bonds is 8. The van der Waals surface area contributed by atoms with E-state index in [4.69, 9.17) is 37.9 Å². The Kier molecular flexibility index (Phi) is 12.2. The molecule has 1 spiro atoms. The minimum atomic E-state index is -1.70. The maximum Gasteiger partial charge on any atom is 0.187 e. The monoisotopic (exact) mass is 854 g/mol. The minimum absolute atomic E-state index is 0.0141. The van der Waals surface area contributed by atoms with E-state index in [-0.39, 0.29) is 23.0 Å². The van der Waals surface area contributed by atoms with Crippen molar-refractivity contribution in [1.82, 2.24) is 0 Å². The SMILES string of the molecule is C[C@@H]1CC[C@@]2(OC1)O[C@@H]1C[C@H]3[C@@H]4CC=C5C[C@@H](O[C@@H]6O[C@H](CO)[C@@H](O[C@@H]7O[C@@H](CO)[C@H](O)[C@H]7O)[C@H](O)[C@H]6O[C@@H]6O[C@@H](C)[C@H](O)[C@@H](O)[C@H]6O)CC[C@]5(C)[C@H]4CC[C@]3(C)[C@H]1[C@@H]2C. The molecule has 0 aromatic rings. The van der Waals surface area contributed by atoms with Crippen LogP contribution in [0.4, 0.5) is 0 Å². The van der Waals surface area contributed by atoms with Crippen LogP contribution in [0.25, 0.3) is 0 Å². The highest BCUT2D eigenvalue weighted by atomic mass is 16.8. The summed E-state index contributed by atoms with van der Waals surface area (Å²) in [4.78, 5) is 0. The summed E-state index contributed by atoms with van der Waals surface area (Å²) in [6.07, 6.45) is -8.79. The van der Waals surface area contributed by atoms with Gasteiger partial charge in [-0.15, -0.1) is 0 Å². The zero-order valence-electron chi connectivity index (χ0n) is 35.6. The van der Waals surface area contributed by atoms with Crippen LogP contribution >= 0.6 is 0 Å². The number of hydrogen-bond acceptors (Lipinski definition) is 16. The molecule has 0 amide bonds. The molecule has 0 unspecified atom stereocenters. The largest absolute Gasteiger partial charge is 0.394 e. The number of aliphatic hydroxyl groups is 8. The highest BCUT2D eigenvalue weighted by Crippen LogP contribution is 2.70. The van der Waals surface area contributed by atoms with E-state index in [9.17, 15) is 40.9 Å². The Bertz CT molecular complexity index is 1560. The van der Waals surface area contributed by atoms with Crippen LogP contribution in [0.2, 0.25) is 0 Å². The van der Waals surface area contributed by atoms with Gasteiger partial charge >= 0.3 is 0 Å². The smallest absolute Gasteiger partial charge is 0.187 e. The molecule has 16 heteroatoms. The molecule has 16 nitrogen and oxygen atoms in total. The molecule has 3 saturated carbocycles. The predicted octanol–water partition coefficient (Wildman–Crippen LogP) is 0.853. The zero-order valence-corrected chi connectivity index (χ0v) is 35.6. The van der Waals surface area contributed by atoms with Crippen LogP contribution in [0, 0.1) is 46.3 Å². The van der Waals surface area contributed by atoms with Gasteiger partial charge in [0.2, 0.25) is 0 Å². The van der Waals surface area contributed by atoms with Gasteiger partial charge in [-0.25, -0.2) is 0 Å². The quantitative estimate of drug-likeness (QED) is 0.158. The molecular formula is C44H70O16. The summed E-state index contributed by atoms with van der Waals surface area (Å²) < 4.78 is 49.9. The van der Waals surface area contributed by atoms with Crippen molar-refractivity contribution in [2.24, 2.45) is 46.3 Å². The molecular weight excluding hydrogens is 784 g/mol. The lowest BCUT2D eigenvalue weighted by atomic mass is 9.47. The minimum Gasteiger partial charge on any atom is -0.394 e. The van der Waals surface area contributed by atoms with E-state index in [1.165, 1.54) is 18.9 Å². The maximum absolute atomic E-state index is 11.9. The molecule has 0 radical (unpaired) electrons. The van der Waals surface area contributed by atoms with Crippen molar-refractivity contribution in [2.75, 3.05) is 19.8 Å². The molecule has 60 heavy (non-hydrogen) atoms. The van der Waals surface area contributed by atoms with Crippen LogP contribution in [-0.4, -0.2) is 165 Å². The van der Waals surface area contributed by atoms with Crippen molar-refractivity contribution in [3.05, 3.63) is 11.6 Å². The van der Waals surface area contributed by atoms with Crippen molar-refractivity contribution in [1.29, 1.82) is 0 Å². The third-order valence-electron chi connectivity index (χ3n) is 17.3. The number of fused-ring (bicyclic) bond motifs is 7. The summed E-state index contributed by atoms with van der Waals surface area (Å²) in [6, 6.07) is 0. The lowest BCUT2D eigenvalue weighted by molar-refractivity contribution is -0.380. The first kappa shape index (κ1) is 44.3. The average molecular weight is 855 g/mol. The van der Waals surface area contributed by atoms with Gasteiger partial charge in [0.25, 0.3) is 0 Å². The van der Waals surface area contributed by atoms with Gasteiger partial charge in [0.1, 0.15) is 61.0 Å². The predicted molar refractivity (Wildman–Crippen MR) is 208 cm³/mol. The van der Waals surface area contributed by atoms with Gasteiger partial charge in [0, 0.05) is 12.3 Å². The van der Waals surface area contributed by atoms with Crippen molar-refractivity contribution in [2.45, 2.75) is 196 Å². The highest BCUT2D eigenvalue weighted by molar-refractivity contribution is 5.26. The van der Waals surface area contributed by atoms with Crippen LogP contribution in [0.3, 0.4) is 0 Å². The standard InChI is InChI=1S/C44H70O16/c1-19-8-13-44(53-18-19)20(2)30-27(60-44)15-26-24-7-6-22-14-23(9-11-42(22,4)25(24)10-12-43(26,30)5)55-41-38(59-39-35(51)33(49)31(47)21(3)54-39)36(52)37(29(17-46)57-41)58-40-34(50)32(48)28(16-45)56-40/h6,19-21,23-41,45-52H,7-18H2,1-5H3/t19-,20+,21+,23+,24-,25+,26+,27-,28+,29-,30+,31+,32+,33-,34-,35-,36+,37-,38-,39+,40+,41-,42+,43+,44-/m1/s1. The third-order valence-corrected chi connectivity index (χ3v) is 17.3. The molecule has 9 rings (SSSR count). The molecule has 5 aliphatic heterocycles. The summed E-state index contributed by atoms with van der Waals surface area (Å²) in [5.41, 5.74) is 1.54. The fraction of sp³-hybridized carbons (Fsp3) is 0.955. The second kappa shape index (κ2) is 16.5. The number of hydrogen-bond donors (Lipinski definition) is 8. The van der Waals surface area contributed by atoms with E-state index in [1.54, 1.807) is 0 Å². The van der Waals surface area contributed by atoms with Gasteiger partial charge < -0.3 is 78.7 Å². The molecule has 0 bridgehead atoms. The summed E-state index contributed by atoms with van der Waals surface area (Å²) in [5, 5.41) is 84.8. The van der Waals surface area contributed by atoms with Crippen molar-refractivity contribution in [3.8, 4) is 0 Å². The van der Waals surface area contributed by atoms with Gasteiger partial charge in [-0.1, -0.05) is 39.3 Å². The van der Waals surface area contributed by atoms with Gasteiger partial charge in [-0.3, -0.25) is 0 Å². The van der Waals surface area contributed by atoms with E-state index in [0.717, 1.165) is 45.1 Å². The van der Waals surface area contributed by atoms with Crippen molar-refractivity contribution in [3.63, 3.8) is 0 Å². The van der Waals surface area contributed by atoms with Crippen LogP contribution < -0.4 is 0 Å². The van der Waals surface area contributed by atoms with Gasteiger partial charge in [0.05, 0.1) is 38.1 Å². The lowest BCUT2D eigenvalue weighted by Gasteiger charge is -2.58. The first-order valence-corrected chi connectivity index (χ1v) is 22.8. The van der Waals surface area contributed by atoms with Crippen molar-refractivity contribution >= 4 is 0 Å². The number of aliphatic hydroxyl groups excluding tert-OH is 8. The Morgan fingerprint density at radius 2 is 1.40 bits per heavy atom. The molecule has 25 atom stereocenters. The second-order valence-electron chi connectivity index (χ2n) is 20.6. The van der Waals surface area contributed by atoms with E-state index in [0.29, 0.717) is 48.3 Å². The molecule has 5 saturated heterocycles. The van der Waals surface area contributed by atoms with Crippen LogP contribution in [0.5, 0.6) is 0 Å². The Morgan fingerprint density at radius 1 is 0.700 bits per heavy atom. The maximum atomic E-state index is 11.9. The van der Waals surface area contributed by atoms with Gasteiger partial charge in [0.15, 0.2) is 24.7 Å². The first-order valence-electron chi connectivity index (χ1n) is 22.8. The molecule has 9 aliphatic rings. The Labute approximate surface area is 352 Å². The van der Waals surface area contributed by atoms with Crippen LogP contribution in [0.15, 0.2) is 11.6 Å². The summed E-state index contributed by atoms with van der Waals surface area (Å²) in [7, 11) is 0. The summed E-state index contributed by atoms with van der Waals surface area (Å²) in [5.74, 6) is 2.65. The first-order chi connectivity index (χ1) is 28.5. The highest BCUT2D eigenvalue weighted by Gasteiger charge is 2.69. The number of ether oxygens (including phenoxy) is 8. The topological polar surface area (TPSA) is 236 Å². The van der Waals surface area contributed by atoms with E-state index in [1.807, 2.05) is 0 Å². The van der Waals surface area contributed by atoms with Crippen molar-refractivity contribution < 1.29 is 78.7 Å². The Hall–Kier alpha value is -0.900. The third kappa shape index (κ3) is 7.10. The second-order valence-corrected chi connectivity index (χ2v) is 20.6. The van der Waals surface area contributed by atoms with E-state index in [2.05, 4.69) is 33.8 Å². The van der Waals surface area contributed by atoms with Gasteiger partial charge in [-0.05, 0) is 98.7 Å². The van der Waals surface area contributed by atoms with E-state index < -0.39 is 105 Å². The molecule has 5 heterocycles. The van der Waals surface area contributed by atoms with E-state index >= 15 is 0 Å².